The number of hydrogen-bond acceptors (Lipinski definition) is 3. The summed E-state index contributed by atoms with van der Waals surface area (Å²) in [6.07, 6.45) is 2.31. The van der Waals surface area contributed by atoms with E-state index >= 15 is 0 Å². The van der Waals surface area contributed by atoms with Gasteiger partial charge in [-0.15, -0.1) is 0 Å². The summed E-state index contributed by atoms with van der Waals surface area (Å²) < 4.78 is 26.5. The Hall–Kier alpha value is -0.620. The predicted molar refractivity (Wildman–Crippen MR) is 77.8 cm³/mol. The molecule has 1 aliphatic rings. The van der Waals surface area contributed by atoms with E-state index in [4.69, 9.17) is 11.6 Å². The molecule has 4 nitrogen and oxygen atoms in total. The molecule has 0 spiro atoms. The zero-order valence-electron chi connectivity index (χ0n) is 10.9. The summed E-state index contributed by atoms with van der Waals surface area (Å²) in [6, 6.07) is 7.47. The minimum atomic E-state index is -3.28. The standard InChI is InChI=1S/C13H19ClN2O2S/c1-10(12-4-2-3-5-13(12)14)16-19(17,18)9-8-15-11-6-7-11/h2-5,10-11,15-16H,6-9H2,1H3. The van der Waals surface area contributed by atoms with Gasteiger partial charge in [-0.2, -0.15) is 0 Å². The lowest BCUT2D eigenvalue weighted by Gasteiger charge is -2.16. The van der Waals surface area contributed by atoms with E-state index in [0.717, 1.165) is 18.4 Å². The van der Waals surface area contributed by atoms with E-state index in [9.17, 15) is 8.42 Å². The number of rotatable bonds is 7. The van der Waals surface area contributed by atoms with Crippen molar-refractivity contribution in [1.82, 2.24) is 10.0 Å². The first-order valence-corrected chi connectivity index (χ1v) is 8.49. The van der Waals surface area contributed by atoms with Gasteiger partial charge in [0.1, 0.15) is 0 Å². The van der Waals surface area contributed by atoms with Gasteiger partial charge in [-0.05, 0) is 31.4 Å². The fourth-order valence-corrected chi connectivity index (χ4v) is 3.37. The first-order valence-electron chi connectivity index (χ1n) is 6.46. The summed E-state index contributed by atoms with van der Waals surface area (Å²) in [4.78, 5) is 0. The molecule has 0 heterocycles. The number of benzene rings is 1. The van der Waals surface area contributed by atoms with Gasteiger partial charge >= 0.3 is 0 Å². The SMILES string of the molecule is CC(NS(=O)(=O)CCNC1CC1)c1ccccc1Cl. The lowest BCUT2D eigenvalue weighted by molar-refractivity contribution is 0.562. The van der Waals surface area contributed by atoms with Gasteiger partial charge in [-0.1, -0.05) is 29.8 Å². The van der Waals surface area contributed by atoms with Crippen LogP contribution >= 0.6 is 11.6 Å². The monoisotopic (exact) mass is 302 g/mol. The van der Waals surface area contributed by atoms with Crippen LogP contribution in [0.25, 0.3) is 0 Å². The highest BCUT2D eigenvalue weighted by Gasteiger charge is 2.22. The molecule has 1 unspecified atom stereocenters. The first-order chi connectivity index (χ1) is 8.98. The predicted octanol–water partition coefficient (Wildman–Crippen LogP) is 2.07. The lowest BCUT2D eigenvalue weighted by atomic mass is 10.1. The molecule has 6 heteroatoms. The summed E-state index contributed by atoms with van der Waals surface area (Å²) in [5.41, 5.74) is 0.794. The van der Waals surface area contributed by atoms with Crippen LogP contribution in [0.1, 0.15) is 31.4 Å². The maximum Gasteiger partial charge on any atom is 0.213 e. The average Bonchev–Trinajstić information content (AvgIpc) is 3.12. The molecule has 1 aromatic rings. The van der Waals surface area contributed by atoms with Crippen LogP contribution in [0.15, 0.2) is 24.3 Å². The van der Waals surface area contributed by atoms with Crippen molar-refractivity contribution in [2.45, 2.75) is 31.8 Å². The molecular weight excluding hydrogens is 284 g/mol. The Morgan fingerprint density at radius 2 is 2.05 bits per heavy atom. The Balaban J connectivity index is 1.89. The van der Waals surface area contributed by atoms with Crippen molar-refractivity contribution in [3.05, 3.63) is 34.9 Å². The maximum atomic E-state index is 11.9. The summed E-state index contributed by atoms with van der Waals surface area (Å²) in [5, 5.41) is 3.77. The minimum Gasteiger partial charge on any atom is -0.313 e. The highest BCUT2D eigenvalue weighted by atomic mass is 35.5. The second-order valence-corrected chi connectivity index (χ2v) is 7.19. The van der Waals surface area contributed by atoms with Gasteiger partial charge in [0, 0.05) is 23.7 Å². The number of sulfonamides is 1. The molecule has 2 rings (SSSR count). The molecule has 1 fully saturated rings. The largest absolute Gasteiger partial charge is 0.313 e. The lowest BCUT2D eigenvalue weighted by Crippen LogP contribution is -2.34. The molecule has 2 N–H and O–H groups in total. The molecule has 0 radical (unpaired) electrons. The second kappa shape index (κ2) is 6.22. The van der Waals surface area contributed by atoms with Crippen LogP contribution < -0.4 is 10.0 Å². The van der Waals surface area contributed by atoms with Gasteiger partial charge in [-0.3, -0.25) is 0 Å². The van der Waals surface area contributed by atoms with Crippen molar-refractivity contribution in [3.8, 4) is 0 Å². The van der Waals surface area contributed by atoms with Crippen LogP contribution in [-0.2, 0) is 10.0 Å². The fourth-order valence-electron chi connectivity index (χ4n) is 1.90. The Bertz CT molecular complexity index is 529. The van der Waals surface area contributed by atoms with Crippen molar-refractivity contribution in [1.29, 1.82) is 0 Å². The molecule has 0 saturated heterocycles. The van der Waals surface area contributed by atoms with Crippen LogP contribution in [0.2, 0.25) is 5.02 Å². The van der Waals surface area contributed by atoms with Crippen molar-refractivity contribution >= 4 is 21.6 Å². The van der Waals surface area contributed by atoms with E-state index < -0.39 is 10.0 Å². The van der Waals surface area contributed by atoms with E-state index in [1.165, 1.54) is 0 Å². The van der Waals surface area contributed by atoms with Gasteiger partial charge in [0.25, 0.3) is 0 Å². The molecule has 1 saturated carbocycles. The molecular formula is C13H19ClN2O2S. The Morgan fingerprint density at radius 1 is 1.37 bits per heavy atom. The number of halogens is 1. The van der Waals surface area contributed by atoms with Gasteiger partial charge in [0.15, 0.2) is 0 Å². The molecule has 1 aromatic carbocycles. The van der Waals surface area contributed by atoms with Gasteiger partial charge in [-0.25, -0.2) is 13.1 Å². The summed E-state index contributed by atoms with van der Waals surface area (Å²) in [5.74, 6) is 0.0955. The fraction of sp³-hybridized carbons (Fsp3) is 0.538. The third-order valence-corrected chi connectivity index (χ3v) is 4.91. The maximum absolute atomic E-state index is 11.9. The zero-order valence-corrected chi connectivity index (χ0v) is 12.5. The second-order valence-electron chi connectivity index (χ2n) is 4.91. The highest BCUT2D eigenvalue weighted by molar-refractivity contribution is 7.89. The van der Waals surface area contributed by atoms with Crippen LogP contribution in [0.5, 0.6) is 0 Å². The van der Waals surface area contributed by atoms with Gasteiger partial charge in [0.05, 0.1) is 5.75 Å². The van der Waals surface area contributed by atoms with Gasteiger partial charge in [0.2, 0.25) is 10.0 Å². The first kappa shape index (κ1) is 14.8. The van der Waals surface area contributed by atoms with Crippen LogP contribution in [0, 0.1) is 0 Å². The topological polar surface area (TPSA) is 58.2 Å². The van der Waals surface area contributed by atoms with Crippen molar-refractivity contribution in [2.75, 3.05) is 12.3 Å². The highest BCUT2D eigenvalue weighted by Crippen LogP contribution is 2.22. The molecule has 106 valence electrons. The normalized spacial score (nSPS) is 17.4. The number of hydrogen-bond donors (Lipinski definition) is 2. The smallest absolute Gasteiger partial charge is 0.213 e. The Labute approximate surface area is 119 Å². The molecule has 0 amide bonds. The summed E-state index contributed by atoms with van der Waals surface area (Å²) in [7, 11) is -3.28. The van der Waals surface area contributed by atoms with E-state index in [2.05, 4.69) is 10.0 Å². The van der Waals surface area contributed by atoms with Crippen LogP contribution in [0.3, 0.4) is 0 Å². The quantitative estimate of drug-likeness (QED) is 0.811. The Kier molecular flexibility index (Phi) is 4.84. The third-order valence-electron chi connectivity index (χ3n) is 3.11. The van der Waals surface area contributed by atoms with E-state index in [-0.39, 0.29) is 11.8 Å². The molecule has 1 atom stereocenters. The van der Waals surface area contributed by atoms with Crippen molar-refractivity contribution in [3.63, 3.8) is 0 Å². The van der Waals surface area contributed by atoms with Gasteiger partial charge < -0.3 is 5.32 Å². The average molecular weight is 303 g/mol. The van der Waals surface area contributed by atoms with Crippen LogP contribution in [-0.4, -0.2) is 26.8 Å². The summed E-state index contributed by atoms with van der Waals surface area (Å²) >= 11 is 6.05. The van der Waals surface area contributed by atoms with E-state index in [1.54, 1.807) is 13.0 Å². The van der Waals surface area contributed by atoms with E-state index in [0.29, 0.717) is 17.6 Å². The van der Waals surface area contributed by atoms with Crippen molar-refractivity contribution < 1.29 is 8.42 Å². The molecule has 0 aliphatic heterocycles. The Morgan fingerprint density at radius 3 is 2.68 bits per heavy atom. The van der Waals surface area contributed by atoms with Crippen molar-refractivity contribution in [2.24, 2.45) is 0 Å². The zero-order chi connectivity index (χ0) is 13.9. The number of nitrogens with one attached hydrogen (secondary N) is 2. The summed E-state index contributed by atoms with van der Waals surface area (Å²) in [6.45, 7) is 2.29. The third kappa shape index (κ3) is 4.76. The van der Waals surface area contributed by atoms with Crippen LogP contribution in [0.4, 0.5) is 0 Å². The molecule has 0 aromatic heterocycles. The molecule has 0 bridgehead atoms. The minimum absolute atomic E-state index is 0.0955. The van der Waals surface area contributed by atoms with E-state index in [1.807, 2.05) is 18.2 Å². The molecule has 1 aliphatic carbocycles. The molecule has 19 heavy (non-hydrogen) atoms.